The number of carbonyl (C=O) groups excluding carboxylic acids is 1. The van der Waals surface area contributed by atoms with Crippen LogP contribution in [0.3, 0.4) is 0 Å². The molecule has 220 valence electrons. The zero-order valence-electron chi connectivity index (χ0n) is 20.0. The molecule has 1 amide bonds. The molecular weight excluding hydrogens is 576 g/mol. The number of H-pyrrole nitrogens is 1. The van der Waals surface area contributed by atoms with Crippen LogP contribution in [0.5, 0.6) is 0 Å². The Bertz CT molecular complexity index is 1310. The van der Waals surface area contributed by atoms with E-state index in [-0.39, 0.29) is 0 Å². The Morgan fingerprint density at radius 3 is 2.41 bits per heavy atom. The molecule has 2 unspecified atom stereocenters. The highest BCUT2D eigenvalue weighted by Crippen LogP contribution is 2.60. The monoisotopic (exact) mass is 603 g/mol. The number of nitrogens with one attached hydrogen (secondary N) is 2. The van der Waals surface area contributed by atoms with Crippen LogP contribution in [0.2, 0.25) is 0 Å². The maximum Gasteiger partial charge on any atom is 0.479 e. The van der Waals surface area contributed by atoms with Crippen LogP contribution in [0.1, 0.15) is 6.92 Å². The Kier molecular flexibility index (Phi) is 9.57. The zero-order chi connectivity index (χ0) is 29.3. The molecule has 21 heteroatoms. The first kappa shape index (κ1) is 31.1. The first-order valence-electron chi connectivity index (χ1n) is 11.1. The summed E-state index contributed by atoms with van der Waals surface area (Å²) in [5, 5.41) is 52.1. The number of phosphoric ester groups is 1. The summed E-state index contributed by atoms with van der Waals surface area (Å²) in [5.41, 5.74) is -1.81. The van der Waals surface area contributed by atoms with E-state index >= 15 is 0 Å². The predicted octanol–water partition coefficient (Wildman–Crippen LogP) is -3.71. The van der Waals surface area contributed by atoms with Crippen molar-refractivity contribution in [3.05, 3.63) is 38.9 Å². The zero-order valence-corrected chi connectivity index (χ0v) is 21.8. The van der Waals surface area contributed by atoms with Crippen molar-refractivity contribution in [1.29, 1.82) is 0 Å². The van der Waals surface area contributed by atoms with Crippen molar-refractivity contribution < 1.29 is 67.6 Å². The summed E-state index contributed by atoms with van der Waals surface area (Å²) in [6.07, 6.45) is -10.2. The van der Waals surface area contributed by atoms with Crippen molar-refractivity contribution in [2.24, 2.45) is 0 Å². The van der Waals surface area contributed by atoms with Crippen molar-refractivity contribution in [1.82, 2.24) is 14.9 Å². The van der Waals surface area contributed by atoms with Gasteiger partial charge in [0.25, 0.3) is 5.56 Å². The van der Waals surface area contributed by atoms with Crippen LogP contribution in [0.4, 0.5) is 0 Å². The Hall–Kier alpha value is -2.41. The number of hydrogen-bond acceptors (Lipinski definition) is 14. The summed E-state index contributed by atoms with van der Waals surface area (Å²) >= 11 is 0. The lowest BCUT2D eigenvalue weighted by molar-refractivity contribution is -0.190. The number of phosphoric acid groups is 1. The number of aliphatic hydroxyl groups excluding tert-OH is 5. The fourth-order valence-electron chi connectivity index (χ4n) is 3.83. The van der Waals surface area contributed by atoms with Crippen LogP contribution in [0.25, 0.3) is 5.88 Å². The third-order valence-corrected chi connectivity index (χ3v) is 8.74. The molecule has 1 aromatic rings. The number of amides is 1. The number of nitrogens with zero attached hydrogens (tertiary/aromatic N) is 1. The SMILES string of the molecule is CC(=O)N[C@@H]1[C@@H](O)[C@@H](O)[C@@H](CO)O[C@@H]1CP(=O)(O)OP(=O)(O)OC[C@@H]1OC(n2ccc(=O)[nH]c2=O)=C(O)[C@@H]1O. The molecule has 1 saturated heterocycles. The average molecular weight is 603 g/mol. The topological polar surface area (TPSA) is 297 Å². The third-order valence-electron chi connectivity index (χ3n) is 5.60. The number of carbonyl (C=O) groups is 1. The number of ether oxygens (including phenoxy) is 2. The van der Waals surface area contributed by atoms with E-state index < -0.39 is 106 Å². The van der Waals surface area contributed by atoms with Gasteiger partial charge in [-0.2, -0.15) is 0 Å². The number of aliphatic hydroxyl groups is 5. The Morgan fingerprint density at radius 2 is 1.82 bits per heavy atom. The lowest BCUT2D eigenvalue weighted by Gasteiger charge is -2.42. The van der Waals surface area contributed by atoms with Gasteiger partial charge in [-0.1, -0.05) is 0 Å². The number of hydrogen-bond donors (Lipinski definition) is 9. The highest BCUT2D eigenvalue weighted by atomic mass is 31.3. The standard InChI is InChI=1S/C18H27N3O16P2/c1-7(23)19-12-10(35-8(4-22)13(25)15(12)27)6-38(30,31)37-39(32,33)34-5-9-14(26)16(28)17(36-9)21-3-2-11(24)20-18(21)29/h2-3,8-10,12-15,22,25-28H,4-6H2,1H3,(H,19,23)(H,30,31)(H,32,33)(H,20,24,29)/t8-,9+,10-,12+,13+,14-,15-/m1/s1. The molecule has 19 nitrogen and oxygen atoms in total. The van der Waals surface area contributed by atoms with Gasteiger partial charge in [0, 0.05) is 19.2 Å². The first-order valence-corrected chi connectivity index (χ1v) is 14.3. The van der Waals surface area contributed by atoms with Crippen LogP contribution in [-0.2, 0) is 32.2 Å². The molecule has 0 aliphatic carbocycles. The highest BCUT2D eigenvalue weighted by molar-refractivity contribution is 7.64. The minimum atomic E-state index is -5.41. The Balaban J connectivity index is 1.66. The summed E-state index contributed by atoms with van der Waals surface area (Å²) < 4.78 is 45.1. The molecule has 39 heavy (non-hydrogen) atoms. The lowest BCUT2D eigenvalue weighted by atomic mass is 9.93. The lowest BCUT2D eigenvalue weighted by Crippen LogP contribution is -2.64. The number of aromatic nitrogens is 2. The average Bonchev–Trinajstić information content (AvgIpc) is 3.10. The van der Waals surface area contributed by atoms with Crippen molar-refractivity contribution in [2.75, 3.05) is 19.4 Å². The van der Waals surface area contributed by atoms with Gasteiger partial charge in [-0.25, -0.2) is 18.2 Å². The van der Waals surface area contributed by atoms with Gasteiger partial charge in [-0.3, -0.25) is 23.7 Å². The van der Waals surface area contributed by atoms with E-state index in [1.165, 1.54) is 0 Å². The van der Waals surface area contributed by atoms with E-state index in [0.717, 1.165) is 19.2 Å². The van der Waals surface area contributed by atoms with E-state index in [1.807, 2.05) is 4.98 Å². The maximum absolute atomic E-state index is 12.7. The molecule has 3 heterocycles. The van der Waals surface area contributed by atoms with Crippen molar-refractivity contribution in [3.8, 4) is 0 Å². The van der Waals surface area contributed by atoms with Crippen LogP contribution >= 0.6 is 15.4 Å². The first-order chi connectivity index (χ1) is 18.0. The molecule has 0 spiro atoms. The number of aromatic amines is 1. The van der Waals surface area contributed by atoms with Crippen LogP contribution in [0.15, 0.2) is 27.6 Å². The van der Waals surface area contributed by atoms with E-state index in [0.29, 0.717) is 4.57 Å². The van der Waals surface area contributed by atoms with Crippen molar-refractivity contribution in [3.63, 3.8) is 0 Å². The second-order valence-electron chi connectivity index (χ2n) is 8.54. The number of rotatable bonds is 10. The molecule has 0 saturated carbocycles. The van der Waals surface area contributed by atoms with Gasteiger partial charge in [-0.15, -0.1) is 0 Å². The van der Waals surface area contributed by atoms with Gasteiger partial charge in [0.15, 0.2) is 18.0 Å². The minimum Gasteiger partial charge on any atom is -0.505 e. The molecule has 9 atom stereocenters. The quantitative estimate of drug-likeness (QED) is 0.116. The van der Waals surface area contributed by atoms with E-state index in [1.54, 1.807) is 0 Å². The minimum absolute atomic E-state index is 0.623. The van der Waals surface area contributed by atoms with Gasteiger partial charge in [0.05, 0.1) is 31.5 Å². The van der Waals surface area contributed by atoms with Crippen molar-refractivity contribution in [2.45, 2.75) is 49.6 Å². The summed E-state index contributed by atoms with van der Waals surface area (Å²) in [7, 11) is -10.5. The molecular formula is C18H27N3O16P2. The Labute approximate surface area is 218 Å². The van der Waals surface area contributed by atoms with Crippen LogP contribution in [0, 0.1) is 0 Å². The molecule has 2 aliphatic rings. The molecule has 9 N–H and O–H groups in total. The van der Waals surface area contributed by atoms with Gasteiger partial charge in [0.1, 0.15) is 18.3 Å². The van der Waals surface area contributed by atoms with Crippen LogP contribution in [-0.4, -0.2) is 113 Å². The fraction of sp³-hybridized carbons (Fsp3) is 0.611. The normalized spacial score (nSPS) is 32.2. The van der Waals surface area contributed by atoms with Gasteiger partial charge in [0.2, 0.25) is 11.8 Å². The van der Waals surface area contributed by atoms with Crippen LogP contribution < -0.4 is 16.6 Å². The second kappa shape index (κ2) is 12.0. The highest BCUT2D eigenvalue weighted by Gasteiger charge is 2.48. The third kappa shape index (κ3) is 7.41. The predicted molar refractivity (Wildman–Crippen MR) is 125 cm³/mol. The van der Waals surface area contributed by atoms with Gasteiger partial charge < -0.3 is 50.1 Å². The summed E-state index contributed by atoms with van der Waals surface area (Å²) in [4.78, 5) is 56.7. The maximum atomic E-state index is 12.7. The van der Waals surface area contributed by atoms with E-state index in [9.17, 15) is 58.8 Å². The van der Waals surface area contributed by atoms with Gasteiger partial charge in [-0.05, 0) is 0 Å². The summed E-state index contributed by atoms with van der Waals surface area (Å²) in [6.45, 7) is -0.797. The van der Waals surface area contributed by atoms with E-state index in [2.05, 4.69) is 14.2 Å². The molecule has 3 rings (SSSR count). The smallest absolute Gasteiger partial charge is 0.479 e. The summed E-state index contributed by atoms with van der Waals surface area (Å²) in [5.74, 6) is -2.24. The molecule has 1 fully saturated rings. The van der Waals surface area contributed by atoms with Crippen molar-refractivity contribution >= 4 is 27.2 Å². The van der Waals surface area contributed by atoms with E-state index in [4.69, 9.17) is 9.47 Å². The largest absolute Gasteiger partial charge is 0.505 e. The Morgan fingerprint density at radius 1 is 1.15 bits per heavy atom. The second-order valence-corrected chi connectivity index (χ2v) is 12.0. The molecule has 1 aromatic heterocycles. The molecule has 2 aliphatic heterocycles. The summed E-state index contributed by atoms with van der Waals surface area (Å²) in [6, 6.07) is -0.570. The fourth-order valence-corrected chi connectivity index (χ4v) is 6.68. The molecule has 0 bridgehead atoms. The molecule has 0 radical (unpaired) electrons. The molecule has 0 aromatic carbocycles. The van der Waals surface area contributed by atoms with Gasteiger partial charge >= 0.3 is 21.1 Å².